The lowest BCUT2D eigenvalue weighted by Crippen LogP contribution is -2.38. The molecule has 0 amide bonds. The Morgan fingerprint density at radius 3 is 3.00 bits per heavy atom. The normalized spacial score (nSPS) is 31.0. The maximum absolute atomic E-state index is 2.75. The predicted octanol–water partition coefficient (Wildman–Crippen LogP) is 3.05. The molecule has 2 atom stereocenters. The molecule has 4 rings (SSSR count). The van der Waals surface area contributed by atoms with Crippen LogP contribution in [-0.4, -0.2) is 54.3 Å². The number of thioether (sulfide) groups is 1. The summed E-state index contributed by atoms with van der Waals surface area (Å²) in [5.41, 5.74) is 1.60. The summed E-state index contributed by atoms with van der Waals surface area (Å²) in [7, 11) is 0. The van der Waals surface area contributed by atoms with Crippen LogP contribution >= 0.6 is 11.8 Å². The van der Waals surface area contributed by atoms with Crippen molar-refractivity contribution < 1.29 is 0 Å². The first-order valence-corrected chi connectivity index (χ1v) is 9.07. The van der Waals surface area contributed by atoms with Crippen LogP contribution in [0.4, 0.5) is 0 Å². The van der Waals surface area contributed by atoms with Crippen molar-refractivity contribution in [3.63, 3.8) is 0 Å². The predicted molar refractivity (Wildman–Crippen MR) is 85.6 cm³/mol. The molecule has 0 spiro atoms. The second-order valence-corrected chi connectivity index (χ2v) is 7.55. The van der Waals surface area contributed by atoms with E-state index >= 15 is 0 Å². The van der Waals surface area contributed by atoms with Crippen LogP contribution in [0.5, 0.6) is 0 Å². The standard InChI is InChI=1S/C17H24N2S/c1-2-7-17-16(6-1)14(13-20-17)11-18-8-4-10-19-9-3-5-15(19)12-18/h1-2,6-7,14-15H,3-5,8-13H2. The first kappa shape index (κ1) is 13.2. The van der Waals surface area contributed by atoms with E-state index < -0.39 is 0 Å². The van der Waals surface area contributed by atoms with Gasteiger partial charge in [-0.15, -0.1) is 11.8 Å². The Balaban J connectivity index is 1.44. The van der Waals surface area contributed by atoms with Crippen molar-refractivity contribution in [3.05, 3.63) is 29.8 Å². The highest BCUT2D eigenvalue weighted by Gasteiger charge is 2.31. The Morgan fingerprint density at radius 2 is 2.00 bits per heavy atom. The molecule has 2 nitrogen and oxygen atoms in total. The molecule has 108 valence electrons. The van der Waals surface area contributed by atoms with Crippen LogP contribution in [-0.2, 0) is 0 Å². The zero-order valence-electron chi connectivity index (χ0n) is 12.1. The Labute approximate surface area is 126 Å². The van der Waals surface area contributed by atoms with Crippen LogP contribution in [0.2, 0.25) is 0 Å². The molecule has 0 aliphatic carbocycles. The van der Waals surface area contributed by atoms with E-state index in [-0.39, 0.29) is 0 Å². The van der Waals surface area contributed by atoms with Gasteiger partial charge in [0.1, 0.15) is 0 Å². The van der Waals surface area contributed by atoms with Crippen molar-refractivity contribution in [2.24, 2.45) is 0 Å². The van der Waals surface area contributed by atoms with Gasteiger partial charge >= 0.3 is 0 Å². The first-order chi connectivity index (χ1) is 9.90. The molecule has 0 aromatic heterocycles. The molecule has 2 fully saturated rings. The minimum Gasteiger partial charge on any atom is -0.301 e. The molecule has 3 heteroatoms. The lowest BCUT2D eigenvalue weighted by Gasteiger charge is -2.27. The molecular weight excluding hydrogens is 264 g/mol. The van der Waals surface area contributed by atoms with Gasteiger partial charge in [0.05, 0.1) is 0 Å². The molecule has 0 N–H and O–H groups in total. The quantitative estimate of drug-likeness (QED) is 0.826. The summed E-state index contributed by atoms with van der Waals surface area (Å²) < 4.78 is 0. The molecule has 0 radical (unpaired) electrons. The molecule has 1 aromatic carbocycles. The second-order valence-electron chi connectivity index (χ2n) is 6.49. The van der Waals surface area contributed by atoms with E-state index in [0.717, 1.165) is 12.0 Å². The molecule has 2 saturated heterocycles. The Bertz CT molecular complexity index is 476. The van der Waals surface area contributed by atoms with E-state index in [2.05, 4.69) is 45.8 Å². The van der Waals surface area contributed by atoms with Gasteiger partial charge in [-0.25, -0.2) is 0 Å². The average molecular weight is 288 g/mol. The van der Waals surface area contributed by atoms with Crippen LogP contribution in [0.3, 0.4) is 0 Å². The molecule has 1 aromatic rings. The smallest absolute Gasteiger partial charge is 0.0223 e. The van der Waals surface area contributed by atoms with Crippen molar-refractivity contribution in [3.8, 4) is 0 Å². The van der Waals surface area contributed by atoms with Gasteiger partial charge in [-0.2, -0.15) is 0 Å². The van der Waals surface area contributed by atoms with Crippen LogP contribution in [0.25, 0.3) is 0 Å². The van der Waals surface area contributed by atoms with Crippen molar-refractivity contribution in [2.45, 2.75) is 36.1 Å². The second kappa shape index (κ2) is 5.70. The molecular formula is C17H24N2S. The lowest BCUT2D eigenvalue weighted by atomic mass is 10.0. The third-order valence-corrected chi connectivity index (χ3v) is 6.42. The van der Waals surface area contributed by atoms with Crippen LogP contribution in [0, 0.1) is 0 Å². The molecule has 0 saturated carbocycles. The number of rotatable bonds is 2. The van der Waals surface area contributed by atoms with Gasteiger partial charge in [0.2, 0.25) is 0 Å². The highest BCUT2D eigenvalue weighted by molar-refractivity contribution is 7.99. The lowest BCUT2D eigenvalue weighted by molar-refractivity contribution is 0.215. The van der Waals surface area contributed by atoms with Gasteiger partial charge in [0.15, 0.2) is 0 Å². The van der Waals surface area contributed by atoms with Crippen molar-refractivity contribution in [1.29, 1.82) is 0 Å². The van der Waals surface area contributed by atoms with Crippen molar-refractivity contribution >= 4 is 11.8 Å². The monoisotopic (exact) mass is 288 g/mol. The van der Waals surface area contributed by atoms with Gasteiger partial charge in [0, 0.05) is 35.7 Å². The fourth-order valence-electron chi connectivity index (χ4n) is 4.14. The van der Waals surface area contributed by atoms with Crippen LogP contribution in [0.1, 0.15) is 30.7 Å². The maximum Gasteiger partial charge on any atom is 0.0223 e. The third kappa shape index (κ3) is 2.51. The highest BCUT2D eigenvalue weighted by atomic mass is 32.2. The minimum atomic E-state index is 0.754. The van der Waals surface area contributed by atoms with Gasteiger partial charge in [0.25, 0.3) is 0 Å². The molecule has 3 aliphatic heterocycles. The van der Waals surface area contributed by atoms with E-state index in [1.165, 1.54) is 62.6 Å². The third-order valence-electron chi connectivity index (χ3n) is 5.17. The van der Waals surface area contributed by atoms with Gasteiger partial charge in [-0.05, 0) is 50.5 Å². The topological polar surface area (TPSA) is 6.48 Å². The summed E-state index contributed by atoms with van der Waals surface area (Å²) in [5, 5.41) is 0. The molecule has 2 unspecified atom stereocenters. The van der Waals surface area contributed by atoms with E-state index in [9.17, 15) is 0 Å². The zero-order valence-corrected chi connectivity index (χ0v) is 12.9. The SMILES string of the molecule is c1ccc2c(c1)SCC2CN1CCCN2CCCC2C1. The van der Waals surface area contributed by atoms with E-state index in [1.807, 2.05) is 0 Å². The zero-order chi connectivity index (χ0) is 13.4. The first-order valence-electron chi connectivity index (χ1n) is 8.08. The summed E-state index contributed by atoms with van der Waals surface area (Å²) >= 11 is 2.05. The summed E-state index contributed by atoms with van der Waals surface area (Å²) in [6, 6.07) is 9.87. The van der Waals surface area contributed by atoms with E-state index in [1.54, 1.807) is 5.56 Å². The number of benzene rings is 1. The summed E-state index contributed by atoms with van der Waals surface area (Å²) in [5.74, 6) is 2.04. The Hall–Kier alpha value is -0.510. The van der Waals surface area contributed by atoms with Gasteiger partial charge in [-0.3, -0.25) is 4.90 Å². The van der Waals surface area contributed by atoms with E-state index in [4.69, 9.17) is 0 Å². The maximum atomic E-state index is 2.75. The Morgan fingerprint density at radius 1 is 1.10 bits per heavy atom. The summed E-state index contributed by atoms with van der Waals surface area (Å²) in [4.78, 5) is 7.01. The molecule has 20 heavy (non-hydrogen) atoms. The fourth-order valence-corrected chi connectivity index (χ4v) is 5.38. The molecule has 3 aliphatic rings. The van der Waals surface area contributed by atoms with Gasteiger partial charge in [-0.1, -0.05) is 18.2 Å². The summed E-state index contributed by atoms with van der Waals surface area (Å²) in [6.45, 7) is 6.56. The van der Waals surface area contributed by atoms with Crippen molar-refractivity contribution in [2.75, 3.05) is 38.5 Å². The molecule has 0 bridgehead atoms. The van der Waals surface area contributed by atoms with Gasteiger partial charge < -0.3 is 4.90 Å². The highest BCUT2D eigenvalue weighted by Crippen LogP contribution is 2.39. The number of nitrogens with zero attached hydrogens (tertiary/aromatic N) is 2. The number of hydrogen-bond acceptors (Lipinski definition) is 3. The fraction of sp³-hybridized carbons (Fsp3) is 0.647. The summed E-state index contributed by atoms with van der Waals surface area (Å²) in [6.07, 6.45) is 4.20. The largest absolute Gasteiger partial charge is 0.301 e. The number of hydrogen-bond donors (Lipinski definition) is 0. The Kier molecular flexibility index (Phi) is 3.76. The minimum absolute atomic E-state index is 0.754. The van der Waals surface area contributed by atoms with Crippen LogP contribution in [0.15, 0.2) is 29.2 Å². The van der Waals surface area contributed by atoms with E-state index in [0.29, 0.717) is 0 Å². The number of fused-ring (bicyclic) bond motifs is 2. The molecule has 3 heterocycles. The van der Waals surface area contributed by atoms with Crippen LogP contribution < -0.4 is 0 Å². The van der Waals surface area contributed by atoms with Crippen molar-refractivity contribution in [1.82, 2.24) is 9.80 Å². The average Bonchev–Trinajstić information content (AvgIpc) is 3.03.